The van der Waals surface area contributed by atoms with Gasteiger partial charge in [0.25, 0.3) is 5.91 Å². The second-order valence-corrected chi connectivity index (χ2v) is 5.67. The predicted octanol–water partition coefficient (Wildman–Crippen LogP) is 4.04. The molecule has 0 atom stereocenters. The maximum Gasteiger partial charge on any atom is 0.253 e. The Kier molecular flexibility index (Phi) is 4.01. The minimum Gasteiger partial charge on any atom is -0.346 e. The third-order valence-electron chi connectivity index (χ3n) is 3.14. The lowest BCUT2D eigenvalue weighted by Gasteiger charge is -2.41. The van der Waals surface area contributed by atoms with Crippen molar-refractivity contribution in [2.75, 3.05) is 5.33 Å². The highest BCUT2D eigenvalue weighted by Gasteiger charge is 2.37. The summed E-state index contributed by atoms with van der Waals surface area (Å²) >= 11 is 15.4. The summed E-state index contributed by atoms with van der Waals surface area (Å²) in [5.74, 6) is -0.156. The summed E-state index contributed by atoms with van der Waals surface area (Å²) < 4.78 is 0. The van der Waals surface area contributed by atoms with E-state index in [-0.39, 0.29) is 11.4 Å². The summed E-state index contributed by atoms with van der Waals surface area (Å²) in [6.45, 7) is 0. The minimum atomic E-state index is -0.156. The van der Waals surface area contributed by atoms with E-state index in [1.54, 1.807) is 18.2 Å². The van der Waals surface area contributed by atoms with Crippen molar-refractivity contribution in [3.8, 4) is 0 Å². The first-order valence-electron chi connectivity index (χ1n) is 5.40. The first-order valence-corrected chi connectivity index (χ1v) is 7.28. The number of halogens is 3. The lowest BCUT2D eigenvalue weighted by Crippen LogP contribution is -2.54. The topological polar surface area (TPSA) is 29.1 Å². The highest BCUT2D eigenvalue weighted by molar-refractivity contribution is 9.09. The number of hydrogen-bond acceptors (Lipinski definition) is 1. The number of benzene rings is 1. The average Bonchev–Trinajstić information content (AvgIpc) is 2.27. The van der Waals surface area contributed by atoms with Gasteiger partial charge in [0.15, 0.2) is 0 Å². The molecule has 1 aliphatic carbocycles. The quantitative estimate of drug-likeness (QED) is 0.829. The van der Waals surface area contributed by atoms with Crippen LogP contribution in [0.4, 0.5) is 0 Å². The van der Waals surface area contributed by atoms with Gasteiger partial charge < -0.3 is 5.32 Å². The number of rotatable bonds is 3. The summed E-state index contributed by atoms with van der Waals surface area (Å²) in [5.41, 5.74) is 0.328. The van der Waals surface area contributed by atoms with E-state index in [0.717, 1.165) is 24.6 Å². The van der Waals surface area contributed by atoms with Crippen molar-refractivity contribution in [2.45, 2.75) is 24.8 Å². The molecule has 1 amide bonds. The molecule has 0 heterocycles. The van der Waals surface area contributed by atoms with Gasteiger partial charge in [0, 0.05) is 5.33 Å². The van der Waals surface area contributed by atoms with Crippen LogP contribution in [0.15, 0.2) is 18.2 Å². The number of nitrogens with one attached hydrogen (secondary N) is 1. The van der Waals surface area contributed by atoms with Crippen molar-refractivity contribution in [2.24, 2.45) is 0 Å². The summed E-state index contributed by atoms with van der Waals surface area (Å²) in [5, 5.41) is 4.52. The molecule has 1 saturated carbocycles. The zero-order valence-electron chi connectivity index (χ0n) is 9.10. The molecule has 1 N–H and O–H groups in total. The molecule has 1 aliphatic rings. The van der Waals surface area contributed by atoms with E-state index >= 15 is 0 Å². The number of carbonyl (C=O) groups is 1. The predicted molar refractivity (Wildman–Crippen MR) is 74.3 cm³/mol. The molecule has 17 heavy (non-hydrogen) atoms. The van der Waals surface area contributed by atoms with Crippen molar-refractivity contribution in [3.63, 3.8) is 0 Å². The van der Waals surface area contributed by atoms with Crippen molar-refractivity contribution in [3.05, 3.63) is 33.8 Å². The van der Waals surface area contributed by atoms with Gasteiger partial charge >= 0.3 is 0 Å². The largest absolute Gasteiger partial charge is 0.346 e. The van der Waals surface area contributed by atoms with E-state index in [1.807, 2.05) is 0 Å². The van der Waals surface area contributed by atoms with Gasteiger partial charge in [-0.2, -0.15) is 0 Å². The van der Waals surface area contributed by atoms with E-state index in [4.69, 9.17) is 23.2 Å². The average molecular weight is 337 g/mol. The normalized spacial score (nSPS) is 17.4. The van der Waals surface area contributed by atoms with Gasteiger partial charge in [-0.25, -0.2) is 0 Å². The van der Waals surface area contributed by atoms with Crippen molar-refractivity contribution in [1.82, 2.24) is 5.32 Å². The molecule has 1 aromatic carbocycles. The van der Waals surface area contributed by atoms with Crippen LogP contribution < -0.4 is 5.32 Å². The Hall–Kier alpha value is -0.250. The Morgan fingerprint density at radius 1 is 1.41 bits per heavy atom. The molecular formula is C12H12BrCl2NO. The fourth-order valence-electron chi connectivity index (χ4n) is 1.88. The zero-order valence-corrected chi connectivity index (χ0v) is 12.2. The second-order valence-electron chi connectivity index (χ2n) is 4.32. The van der Waals surface area contributed by atoms with Crippen LogP contribution in [0.3, 0.4) is 0 Å². The minimum absolute atomic E-state index is 0.108. The van der Waals surface area contributed by atoms with Gasteiger partial charge in [-0.3, -0.25) is 4.79 Å². The van der Waals surface area contributed by atoms with E-state index in [0.29, 0.717) is 15.6 Å². The Labute approximate surface area is 119 Å². The SMILES string of the molecule is O=C(NC1(CBr)CCC1)c1cccc(Cl)c1Cl. The van der Waals surface area contributed by atoms with Gasteiger partial charge in [0.05, 0.1) is 21.1 Å². The molecule has 0 unspecified atom stereocenters. The summed E-state index contributed by atoms with van der Waals surface area (Å²) in [6.07, 6.45) is 3.15. The molecule has 0 aromatic heterocycles. The lowest BCUT2D eigenvalue weighted by atomic mass is 9.78. The third-order valence-corrected chi connectivity index (χ3v) is 5.03. The third kappa shape index (κ3) is 2.61. The van der Waals surface area contributed by atoms with Crippen molar-refractivity contribution >= 4 is 45.0 Å². The van der Waals surface area contributed by atoms with Gasteiger partial charge in [-0.15, -0.1) is 0 Å². The molecule has 0 aliphatic heterocycles. The molecule has 1 aromatic rings. The fraction of sp³-hybridized carbons (Fsp3) is 0.417. The second kappa shape index (κ2) is 5.17. The highest BCUT2D eigenvalue weighted by Crippen LogP contribution is 2.34. The van der Waals surface area contributed by atoms with E-state index in [9.17, 15) is 4.79 Å². The number of hydrogen-bond donors (Lipinski definition) is 1. The molecule has 92 valence electrons. The van der Waals surface area contributed by atoms with Gasteiger partial charge in [0.2, 0.25) is 0 Å². The molecule has 0 bridgehead atoms. The first kappa shape index (κ1) is 13.2. The smallest absolute Gasteiger partial charge is 0.253 e. The van der Waals surface area contributed by atoms with E-state index in [2.05, 4.69) is 21.2 Å². The maximum absolute atomic E-state index is 12.1. The highest BCUT2D eigenvalue weighted by atomic mass is 79.9. The van der Waals surface area contributed by atoms with Crippen LogP contribution in [0.2, 0.25) is 10.0 Å². The standard InChI is InChI=1S/C12H12BrCl2NO/c13-7-12(5-2-6-12)16-11(17)8-3-1-4-9(14)10(8)15/h1,3-4H,2,5-7H2,(H,16,17). The van der Waals surface area contributed by atoms with Crippen molar-refractivity contribution < 1.29 is 4.79 Å². The first-order chi connectivity index (χ1) is 8.08. The number of alkyl halides is 1. The molecule has 0 saturated heterocycles. The molecular weight excluding hydrogens is 325 g/mol. The Balaban J connectivity index is 2.17. The van der Waals surface area contributed by atoms with Gasteiger partial charge in [-0.05, 0) is 31.4 Å². The van der Waals surface area contributed by atoms with Crippen LogP contribution in [-0.4, -0.2) is 16.8 Å². The molecule has 2 nitrogen and oxygen atoms in total. The number of carbonyl (C=O) groups excluding carboxylic acids is 1. The van der Waals surface area contributed by atoms with Crippen molar-refractivity contribution in [1.29, 1.82) is 0 Å². The summed E-state index contributed by atoms with van der Waals surface area (Å²) in [6, 6.07) is 5.08. The number of amides is 1. The van der Waals surface area contributed by atoms with Crippen LogP contribution in [0.5, 0.6) is 0 Å². The zero-order chi connectivity index (χ0) is 12.5. The van der Waals surface area contributed by atoms with E-state index in [1.165, 1.54) is 0 Å². The lowest BCUT2D eigenvalue weighted by molar-refractivity contribution is 0.0856. The monoisotopic (exact) mass is 335 g/mol. The Morgan fingerprint density at radius 3 is 2.65 bits per heavy atom. The molecule has 1 fully saturated rings. The van der Waals surface area contributed by atoms with E-state index < -0.39 is 0 Å². The van der Waals surface area contributed by atoms with Crippen LogP contribution in [-0.2, 0) is 0 Å². The molecule has 2 rings (SSSR count). The summed E-state index contributed by atoms with van der Waals surface area (Å²) in [4.78, 5) is 12.1. The molecule has 0 spiro atoms. The molecule has 5 heteroatoms. The molecule has 0 radical (unpaired) electrons. The van der Waals surface area contributed by atoms with Gasteiger partial charge in [0.1, 0.15) is 0 Å². The van der Waals surface area contributed by atoms with Crippen LogP contribution in [0.1, 0.15) is 29.6 Å². The van der Waals surface area contributed by atoms with Crippen LogP contribution in [0.25, 0.3) is 0 Å². The summed E-state index contributed by atoms with van der Waals surface area (Å²) in [7, 11) is 0. The van der Waals surface area contributed by atoms with Crippen LogP contribution in [0, 0.1) is 0 Å². The maximum atomic E-state index is 12.1. The van der Waals surface area contributed by atoms with Crippen LogP contribution >= 0.6 is 39.1 Å². The van der Waals surface area contributed by atoms with Gasteiger partial charge in [-0.1, -0.05) is 45.2 Å². The fourth-order valence-corrected chi connectivity index (χ4v) is 2.97. The Bertz CT molecular complexity index is 441. The Morgan fingerprint density at radius 2 is 2.12 bits per heavy atom.